The van der Waals surface area contributed by atoms with Crippen molar-refractivity contribution in [2.45, 2.75) is 90.9 Å². The molecule has 0 saturated heterocycles. The molecule has 3 heterocycles. The Hall–Kier alpha value is -6.59. The third-order valence-corrected chi connectivity index (χ3v) is 13.2. The Bertz CT molecular complexity index is 2980. The molecule has 0 bridgehead atoms. The van der Waals surface area contributed by atoms with Gasteiger partial charge in [0.1, 0.15) is 17.3 Å². The maximum absolute atomic E-state index is 7.18. The standard InChI is InChI=1S/C58H60N4O/c1-55(2,3)42-24-19-25-45(32-42)60-30-31-61(39-60)46-33-44(56(4,5)6)34-47(36-46)63-48-37-50(58(9,10)41-22-15-12-16-23-41)54-49-26-17-18-27-51(49)62(52(54)38-48)53-35-43(28-29-59-53)57(7,8)40-20-13-11-14-21-40/h11-38H,39H2,1-10H3. The lowest BCUT2D eigenvalue weighted by Crippen LogP contribution is -2.25. The molecule has 318 valence electrons. The Kier molecular flexibility index (Phi) is 10.4. The monoisotopic (exact) mass is 828 g/mol. The first-order chi connectivity index (χ1) is 30.0. The number of hydrogen-bond acceptors (Lipinski definition) is 4. The van der Waals surface area contributed by atoms with E-state index in [4.69, 9.17) is 9.72 Å². The zero-order valence-corrected chi connectivity index (χ0v) is 38.6. The van der Waals surface area contributed by atoms with Gasteiger partial charge in [-0.25, -0.2) is 4.98 Å². The summed E-state index contributed by atoms with van der Waals surface area (Å²) in [5.41, 5.74) is 11.2. The van der Waals surface area contributed by atoms with Crippen LogP contribution in [0.3, 0.4) is 0 Å². The van der Waals surface area contributed by atoms with Crippen LogP contribution in [-0.4, -0.2) is 16.2 Å². The van der Waals surface area contributed by atoms with Crippen LogP contribution in [0.5, 0.6) is 11.5 Å². The van der Waals surface area contributed by atoms with E-state index >= 15 is 0 Å². The van der Waals surface area contributed by atoms with Crippen molar-refractivity contribution < 1.29 is 4.74 Å². The van der Waals surface area contributed by atoms with Gasteiger partial charge in [-0.05, 0) is 92.7 Å². The lowest BCUT2D eigenvalue weighted by Gasteiger charge is -2.28. The predicted molar refractivity (Wildman–Crippen MR) is 265 cm³/mol. The molecule has 0 aliphatic carbocycles. The fraction of sp³-hybridized carbons (Fsp3) is 0.259. The zero-order valence-electron chi connectivity index (χ0n) is 38.6. The third-order valence-electron chi connectivity index (χ3n) is 13.2. The topological polar surface area (TPSA) is 33.5 Å². The number of nitrogens with zero attached hydrogens (tertiary/aromatic N) is 4. The largest absolute Gasteiger partial charge is 0.457 e. The predicted octanol–water partition coefficient (Wildman–Crippen LogP) is 15.0. The van der Waals surface area contributed by atoms with Crippen molar-refractivity contribution in [1.82, 2.24) is 9.55 Å². The number of hydrogen-bond donors (Lipinski definition) is 0. The number of pyridine rings is 1. The highest BCUT2D eigenvalue weighted by atomic mass is 16.5. The molecule has 5 heteroatoms. The van der Waals surface area contributed by atoms with E-state index in [0.717, 1.165) is 34.0 Å². The number of ether oxygens (including phenoxy) is 1. The van der Waals surface area contributed by atoms with Gasteiger partial charge in [-0.3, -0.25) is 4.57 Å². The summed E-state index contributed by atoms with van der Waals surface area (Å²) in [7, 11) is 0. The number of benzene rings is 6. The Morgan fingerprint density at radius 1 is 0.460 bits per heavy atom. The first-order valence-electron chi connectivity index (χ1n) is 22.3. The lowest BCUT2D eigenvalue weighted by molar-refractivity contribution is 0.477. The summed E-state index contributed by atoms with van der Waals surface area (Å²) in [6.45, 7) is 23.6. The van der Waals surface area contributed by atoms with Crippen molar-refractivity contribution in [2.24, 2.45) is 0 Å². The molecule has 0 atom stereocenters. The summed E-state index contributed by atoms with van der Waals surface area (Å²) < 4.78 is 9.52. The molecule has 0 amide bonds. The van der Waals surface area contributed by atoms with Crippen molar-refractivity contribution in [1.29, 1.82) is 0 Å². The highest BCUT2D eigenvalue weighted by Crippen LogP contribution is 2.45. The molecule has 0 N–H and O–H groups in total. The smallest absolute Gasteiger partial charge is 0.137 e. The van der Waals surface area contributed by atoms with E-state index in [1.807, 2.05) is 6.20 Å². The number of fused-ring (bicyclic) bond motifs is 3. The van der Waals surface area contributed by atoms with E-state index in [0.29, 0.717) is 6.67 Å². The quantitative estimate of drug-likeness (QED) is 0.145. The van der Waals surface area contributed by atoms with Crippen molar-refractivity contribution >= 4 is 33.2 Å². The second kappa shape index (κ2) is 15.6. The minimum absolute atomic E-state index is 0.0692. The van der Waals surface area contributed by atoms with Crippen LogP contribution in [0, 0.1) is 0 Å². The van der Waals surface area contributed by atoms with E-state index in [2.05, 4.69) is 248 Å². The maximum atomic E-state index is 7.18. The highest BCUT2D eigenvalue weighted by Gasteiger charge is 2.31. The van der Waals surface area contributed by atoms with Crippen molar-refractivity contribution in [3.63, 3.8) is 0 Å². The van der Waals surface area contributed by atoms with Gasteiger partial charge in [-0.1, -0.05) is 160 Å². The average molecular weight is 829 g/mol. The van der Waals surface area contributed by atoms with Gasteiger partial charge >= 0.3 is 0 Å². The van der Waals surface area contributed by atoms with Gasteiger partial charge in [0, 0.05) is 63.7 Å². The molecule has 0 radical (unpaired) electrons. The van der Waals surface area contributed by atoms with Crippen molar-refractivity contribution in [3.8, 4) is 17.3 Å². The van der Waals surface area contributed by atoms with E-state index < -0.39 is 0 Å². The summed E-state index contributed by atoms with van der Waals surface area (Å²) in [4.78, 5) is 9.72. The van der Waals surface area contributed by atoms with Crippen LogP contribution in [0.15, 0.2) is 170 Å². The number of aromatic nitrogens is 2. The van der Waals surface area contributed by atoms with Crippen LogP contribution in [0.1, 0.15) is 103 Å². The van der Waals surface area contributed by atoms with E-state index in [9.17, 15) is 0 Å². The SMILES string of the molecule is CC(C)(C)c1cccc(N2C=CN(c3cc(Oc4cc(C(C)(C)c5ccccc5)c5c6ccccc6n(-c6cc(C(C)(C)c7ccccc7)ccn6)c5c4)cc(C(C)(C)C)c3)C2)c1. The fourth-order valence-electron chi connectivity index (χ4n) is 9.11. The second-order valence-electron chi connectivity index (χ2n) is 20.3. The summed E-state index contributed by atoms with van der Waals surface area (Å²) in [6.07, 6.45) is 6.32. The third kappa shape index (κ3) is 7.90. The minimum Gasteiger partial charge on any atom is -0.457 e. The molecule has 63 heavy (non-hydrogen) atoms. The maximum Gasteiger partial charge on any atom is 0.137 e. The lowest BCUT2D eigenvalue weighted by atomic mass is 9.76. The molecule has 6 aromatic carbocycles. The van der Waals surface area contributed by atoms with Crippen LogP contribution in [0.4, 0.5) is 11.4 Å². The molecule has 1 aliphatic heterocycles. The first kappa shape index (κ1) is 41.7. The Morgan fingerprint density at radius 3 is 1.73 bits per heavy atom. The van der Waals surface area contributed by atoms with Crippen LogP contribution in [-0.2, 0) is 21.7 Å². The highest BCUT2D eigenvalue weighted by molar-refractivity contribution is 6.11. The molecule has 9 rings (SSSR count). The van der Waals surface area contributed by atoms with Crippen molar-refractivity contribution in [2.75, 3.05) is 16.5 Å². The molecule has 0 unspecified atom stereocenters. The minimum atomic E-state index is -0.370. The zero-order chi connectivity index (χ0) is 44.3. The number of para-hydroxylation sites is 1. The Labute approximate surface area is 374 Å². The molecule has 5 nitrogen and oxygen atoms in total. The van der Waals surface area contributed by atoms with E-state index in [1.54, 1.807) is 0 Å². The first-order valence-corrected chi connectivity index (χ1v) is 22.3. The van der Waals surface area contributed by atoms with Crippen LogP contribution >= 0.6 is 0 Å². The summed E-state index contributed by atoms with van der Waals surface area (Å²) in [5.74, 6) is 2.45. The van der Waals surface area contributed by atoms with Gasteiger partial charge in [0.25, 0.3) is 0 Å². The van der Waals surface area contributed by atoms with Crippen LogP contribution < -0.4 is 14.5 Å². The van der Waals surface area contributed by atoms with Crippen LogP contribution in [0.2, 0.25) is 0 Å². The molecule has 8 aromatic rings. The van der Waals surface area contributed by atoms with Gasteiger partial charge in [-0.2, -0.15) is 0 Å². The summed E-state index contributed by atoms with van der Waals surface area (Å²) in [6, 6.07) is 54.9. The van der Waals surface area contributed by atoms with E-state index in [1.165, 1.54) is 49.8 Å². The van der Waals surface area contributed by atoms with Gasteiger partial charge in [0.15, 0.2) is 0 Å². The second-order valence-corrected chi connectivity index (χ2v) is 20.3. The van der Waals surface area contributed by atoms with Gasteiger partial charge in [-0.15, -0.1) is 0 Å². The molecule has 2 aromatic heterocycles. The Balaban J connectivity index is 1.19. The molecule has 1 aliphatic rings. The van der Waals surface area contributed by atoms with E-state index in [-0.39, 0.29) is 21.7 Å². The van der Waals surface area contributed by atoms with Gasteiger partial charge in [0.05, 0.1) is 17.7 Å². The summed E-state index contributed by atoms with van der Waals surface area (Å²) in [5, 5.41) is 2.38. The fourth-order valence-corrected chi connectivity index (χ4v) is 9.11. The normalized spacial score (nSPS) is 13.7. The Morgan fingerprint density at radius 2 is 1.05 bits per heavy atom. The number of anilines is 2. The van der Waals surface area contributed by atoms with Crippen LogP contribution in [0.25, 0.3) is 27.6 Å². The van der Waals surface area contributed by atoms with Gasteiger partial charge in [0.2, 0.25) is 0 Å². The number of rotatable bonds is 9. The molecular weight excluding hydrogens is 769 g/mol. The molecular formula is C58H60N4O. The molecule has 0 saturated carbocycles. The summed E-state index contributed by atoms with van der Waals surface area (Å²) >= 11 is 0. The molecule has 0 spiro atoms. The van der Waals surface area contributed by atoms with Crippen molar-refractivity contribution in [3.05, 3.63) is 204 Å². The van der Waals surface area contributed by atoms with Gasteiger partial charge < -0.3 is 14.5 Å². The molecule has 0 fully saturated rings. The average Bonchev–Trinajstić information content (AvgIpc) is 3.90.